The summed E-state index contributed by atoms with van der Waals surface area (Å²) in [4.78, 5) is 20.5. The van der Waals surface area contributed by atoms with Gasteiger partial charge < -0.3 is 10.6 Å². The number of para-hydroxylation sites is 1. The van der Waals surface area contributed by atoms with Gasteiger partial charge in [0.15, 0.2) is 0 Å². The van der Waals surface area contributed by atoms with E-state index in [4.69, 9.17) is 23.2 Å². The highest BCUT2D eigenvalue weighted by atomic mass is 35.5. The van der Waals surface area contributed by atoms with Crippen LogP contribution < -0.4 is 10.6 Å². The first-order valence-corrected chi connectivity index (χ1v) is 7.89. The first kappa shape index (κ1) is 15.8. The molecule has 0 saturated heterocycles. The zero-order valence-electron chi connectivity index (χ0n) is 12.4. The van der Waals surface area contributed by atoms with E-state index in [0.29, 0.717) is 40.2 Å². The molecule has 0 radical (unpaired) electrons. The number of nitrogens with one attached hydrogen (secondary N) is 2. The second-order valence-corrected chi connectivity index (χ2v) is 5.83. The molecule has 1 aliphatic heterocycles. The van der Waals surface area contributed by atoms with Crippen molar-refractivity contribution < 1.29 is 4.79 Å². The molecule has 5 nitrogen and oxygen atoms in total. The second kappa shape index (κ2) is 6.56. The fourth-order valence-electron chi connectivity index (χ4n) is 2.31. The average molecular weight is 349 g/mol. The van der Waals surface area contributed by atoms with Gasteiger partial charge in [0.2, 0.25) is 0 Å². The molecule has 1 aliphatic rings. The predicted molar refractivity (Wildman–Crippen MR) is 93.1 cm³/mol. The molecule has 2 heterocycles. The fourth-order valence-corrected chi connectivity index (χ4v) is 2.79. The van der Waals surface area contributed by atoms with Crippen LogP contribution in [0.2, 0.25) is 10.0 Å². The molecule has 0 spiro atoms. The molecule has 0 bridgehead atoms. The Bertz CT molecular complexity index is 784. The number of hydrogen-bond acceptors (Lipinski definition) is 3. The van der Waals surface area contributed by atoms with Crippen LogP contribution in [0.15, 0.2) is 35.5 Å². The highest BCUT2D eigenvalue weighted by Gasteiger charge is 2.20. The third kappa shape index (κ3) is 3.30. The maximum Gasteiger partial charge on any atom is 0.269 e. The molecular weight excluding hydrogens is 335 g/mol. The number of amides is 1. The highest BCUT2D eigenvalue weighted by molar-refractivity contribution is 6.39. The van der Waals surface area contributed by atoms with Crippen LogP contribution in [0.1, 0.15) is 23.0 Å². The number of pyridine rings is 1. The standard InChI is InChI=1S/C16H14Cl2N4O/c1-2-19-16(23)12-6-9-7-14(21-13(9)8-20-12)22-15-10(17)4-3-5-11(15)18/h3-6,8H,2,7H2,1H3,(H,19,23)(H,21,22). The van der Waals surface area contributed by atoms with E-state index in [0.717, 1.165) is 11.3 Å². The molecule has 3 rings (SSSR count). The molecule has 0 fully saturated rings. The smallest absolute Gasteiger partial charge is 0.269 e. The number of fused-ring (bicyclic) bond motifs is 1. The van der Waals surface area contributed by atoms with E-state index in [1.807, 2.05) is 6.92 Å². The van der Waals surface area contributed by atoms with E-state index in [9.17, 15) is 4.79 Å². The van der Waals surface area contributed by atoms with E-state index in [1.54, 1.807) is 30.5 Å². The summed E-state index contributed by atoms with van der Waals surface area (Å²) in [6.45, 7) is 2.43. The molecular formula is C16H14Cl2N4O. The minimum Gasteiger partial charge on any atom is -0.351 e. The molecule has 0 aliphatic carbocycles. The molecule has 0 unspecified atom stereocenters. The summed E-state index contributed by atoms with van der Waals surface area (Å²) in [5.41, 5.74) is 2.72. The summed E-state index contributed by atoms with van der Waals surface area (Å²) in [7, 11) is 0. The van der Waals surface area contributed by atoms with Crippen LogP contribution in [-0.2, 0) is 6.42 Å². The number of carbonyl (C=O) groups excluding carboxylic acids is 1. The van der Waals surface area contributed by atoms with E-state index >= 15 is 0 Å². The Kier molecular flexibility index (Phi) is 4.50. The van der Waals surface area contributed by atoms with E-state index in [2.05, 4.69) is 20.6 Å². The Morgan fingerprint density at radius 3 is 2.83 bits per heavy atom. The molecule has 1 amide bonds. The third-order valence-corrected chi connectivity index (χ3v) is 3.99. The van der Waals surface area contributed by atoms with E-state index in [-0.39, 0.29) is 5.91 Å². The molecule has 1 aromatic carbocycles. The van der Waals surface area contributed by atoms with Crippen LogP contribution in [0.4, 0.5) is 11.4 Å². The van der Waals surface area contributed by atoms with Crippen LogP contribution in [-0.4, -0.2) is 23.3 Å². The summed E-state index contributed by atoms with van der Waals surface area (Å²) in [6, 6.07) is 7.02. The van der Waals surface area contributed by atoms with E-state index in [1.165, 1.54) is 0 Å². The lowest BCUT2D eigenvalue weighted by Gasteiger charge is -2.03. The van der Waals surface area contributed by atoms with Gasteiger partial charge in [-0.1, -0.05) is 29.3 Å². The Hall–Kier alpha value is -2.11. The number of amidine groups is 1. The summed E-state index contributed by atoms with van der Waals surface area (Å²) in [5, 5.41) is 6.89. The third-order valence-electron chi connectivity index (χ3n) is 3.38. The van der Waals surface area contributed by atoms with Crippen molar-refractivity contribution >= 4 is 46.3 Å². The van der Waals surface area contributed by atoms with Crippen molar-refractivity contribution in [1.29, 1.82) is 0 Å². The average Bonchev–Trinajstić information content (AvgIpc) is 2.93. The first-order valence-electron chi connectivity index (χ1n) is 7.14. The van der Waals surface area contributed by atoms with Gasteiger partial charge in [0.05, 0.1) is 21.9 Å². The fraction of sp³-hybridized carbons (Fsp3) is 0.188. The van der Waals surface area contributed by atoms with Crippen LogP contribution in [0, 0.1) is 0 Å². The van der Waals surface area contributed by atoms with Crippen molar-refractivity contribution in [3.8, 4) is 0 Å². The lowest BCUT2D eigenvalue weighted by Crippen LogP contribution is -2.23. The van der Waals surface area contributed by atoms with Gasteiger partial charge in [-0.2, -0.15) is 0 Å². The molecule has 7 heteroatoms. The van der Waals surface area contributed by atoms with Crippen LogP contribution in [0.5, 0.6) is 0 Å². The van der Waals surface area contributed by atoms with Gasteiger partial charge in [-0.15, -0.1) is 0 Å². The van der Waals surface area contributed by atoms with Gasteiger partial charge >= 0.3 is 0 Å². The van der Waals surface area contributed by atoms with Crippen LogP contribution in [0.3, 0.4) is 0 Å². The summed E-state index contributed by atoms with van der Waals surface area (Å²) >= 11 is 12.3. The predicted octanol–water partition coefficient (Wildman–Crippen LogP) is 3.84. The van der Waals surface area contributed by atoms with Gasteiger partial charge in [0.25, 0.3) is 5.91 Å². The summed E-state index contributed by atoms with van der Waals surface area (Å²) < 4.78 is 0. The molecule has 118 valence electrons. The molecule has 0 atom stereocenters. The van der Waals surface area contributed by atoms with Crippen molar-refractivity contribution in [2.45, 2.75) is 13.3 Å². The number of anilines is 1. The summed E-state index contributed by atoms with van der Waals surface area (Å²) in [5.74, 6) is 0.527. The molecule has 23 heavy (non-hydrogen) atoms. The van der Waals surface area contributed by atoms with Crippen LogP contribution >= 0.6 is 23.2 Å². The van der Waals surface area contributed by atoms with Crippen molar-refractivity contribution in [3.63, 3.8) is 0 Å². The van der Waals surface area contributed by atoms with Crippen molar-refractivity contribution in [1.82, 2.24) is 10.3 Å². The number of aliphatic imine (C=N–C) groups is 1. The quantitative estimate of drug-likeness (QED) is 0.885. The zero-order valence-corrected chi connectivity index (χ0v) is 13.9. The molecule has 1 aromatic heterocycles. The Labute approximate surface area is 143 Å². The SMILES string of the molecule is CCNC(=O)c1cc2c(cn1)NC(=Nc1c(Cl)cccc1Cl)C2. The molecule has 2 N–H and O–H groups in total. The number of halogens is 2. The molecule has 0 saturated carbocycles. The highest BCUT2D eigenvalue weighted by Crippen LogP contribution is 2.34. The van der Waals surface area contributed by atoms with Gasteiger partial charge in [-0.05, 0) is 30.7 Å². The minimum absolute atomic E-state index is 0.185. The zero-order chi connectivity index (χ0) is 16.4. The maximum atomic E-state index is 11.8. The van der Waals surface area contributed by atoms with Gasteiger partial charge in [-0.25, -0.2) is 9.98 Å². The van der Waals surface area contributed by atoms with Gasteiger partial charge in [0.1, 0.15) is 17.2 Å². The van der Waals surface area contributed by atoms with E-state index < -0.39 is 0 Å². The summed E-state index contributed by atoms with van der Waals surface area (Å²) in [6.07, 6.45) is 2.20. The van der Waals surface area contributed by atoms with Crippen molar-refractivity contribution in [2.75, 3.05) is 11.9 Å². The van der Waals surface area contributed by atoms with Gasteiger partial charge in [0, 0.05) is 13.0 Å². The number of rotatable bonds is 3. The van der Waals surface area contributed by atoms with Crippen LogP contribution in [0.25, 0.3) is 0 Å². The number of carbonyl (C=O) groups is 1. The lowest BCUT2D eigenvalue weighted by molar-refractivity contribution is 0.0951. The maximum absolute atomic E-state index is 11.8. The molecule has 2 aromatic rings. The topological polar surface area (TPSA) is 66.4 Å². The first-order chi connectivity index (χ1) is 11.1. The van der Waals surface area contributed by atoms with Crippen molar-refractivity contribution in [2.24, 2.45) is 4.99 Å². The lowest BCUT2D eigenvalue weighted by atomic mass is 10.1. The normalized spacial score (nSPS) is 14.5. The van der Waals surface area contributed by atoms with Gasteiger partial charge in [-0.3, -0.25) is 4.79 Å². The largest absolute Gasteiger partial charge is 0.351 e. The number of benzene rings is 1. The number of nitrogens with zero attached hydrogens (tertiary/aromatic N) is 2. The number of hydrogen-bond donors (Lipinski definition) is 2. The Balaban J connectivity index is 1.87. The second-order valence-electron chi connectivity index (χ2n) is 5.02. The Morgan fingerprint density at radius 2 is 2.13 bits per heavy atom. The minimum atomic E-state index is -0.185. The number of aromatic nitrogens is 1. The van der Waals surface area contributed by atoms with Crippen molar-refractivity contribution in [3.05, 3.63) is 51.8 Å². The monoisotopic (exact) mass is 348 g/mol. The Morgan fingerprint density at radius 1 is 1.39 bits per heavy atom.